The monoisotopic (exact) mass is 239 g/mol. The molecular weight excluding hydrogens is 225 g/mol. The molecule has 0 bridgehead atoms. The molecule has 0 aliphatic heterocycles. The average molecular weight is 239 g/mol. The number of benzene rings is 1. The molecule has 1 aliphatic carbocycles. The Balaban J connectivity index is 1.94. The number of hydrogen-bond acceptors (Lipinski definition) is 1. The number of aromatic nitrogens is 1. The summed E-state index contributed by atoms with van der Waals surface area (Å²) in [6, 6.07) is 11.6. The van der Waals surface area contributed by atoms with E-state index in [1.54, 1.807) is 6.07 Å². The van der Waals surface area contributed by atoms with Crippen LogP contribution in [-0.4, -0.2) is 4.98 Å². The Morgan fingerprint density at radius 3 is 2.72 bits per heavy atom. The van der Waals surface area contributed by atoms with E-state index in [0.29, 0.717) is 5.92 Å². The first-order valence-corrected chi connectivity index (χ1v) is 6.11. The van der Waals surface area contributed by atoms with E-state index in [-0.39, 0.29) is 5.82 Å². The number of halogens is 1. The van der Waals surface area contributed by atoms with E-state index in [2.05, 4.69) is 23.7 Å². The molecule has 0 spiro atoms. The van der Waals surface area contributed by atoms with Crippen LogP contribution in [0, 0.1) is 5.82 Å². The van der Waals surface area contributed by atoms with E-state index < -0.39 is 0 Å². The molecule has 1 unspecified atom stereocenters. The van der Waals surface area contributed by atoms with E-state index in [1.807, 2.05) is 12.1 Å². The molecule has 0 amide bonds. The summed E-state index contributed by atoms with van der Waals surface area (Å²) in [6.07, 6.45) is 3.14. The lowest BCUT2D eigenvalue weighted by molar-refractivity contribution is 0.608. The Morgan fingerprint density at radius 1 is 1.11 bits per heavy atom. The van der Waals surface area contributed by atoms with E-state index in [1.165, 1.54) is 23.4 Å². The quantitative estimate of drug-likeness (QED) is 0.734. The van der Waals surface area contributed by atoms with Crippen molar-refractivity contribution in [3.8, 4) is 0 Å². The fourth-order valence-electron chi connectivity index (χ4n) is 2.63. The van der Waals surface area contributed by atoms with Crippen LogP contribution in [0.1, 0.15) is 29.2 Å². The Morgan fingerprint density at radius 2 is 1.94 bits per heavy atom. The zero-order valence-corrected chi connectivity index (χ0v) is 10.1. The van der Waals surface area contributed by atoms with Crippen molar-refractivity contribution in [3.63, 3.8) is 0 Å². The Bertz CT molecular complexity index is 586. The van der Waals surface area contributed by atoms with Gasteiger partial charge in [-0.05, 0) is 41.7 Å². The highest BCUT2D eigenvalue weighted by Crippen LogP contribution is 2.37. The SMILES string of the molecule is C=C1CC(c2ccc(F)cn2)Cc2ccccc21. The van der Waals surface area contributed by atoms with Crippen LogP contribution in [0.25, 0.3) is 5.57 Å². The lowest BCUT2D eigenvalue weighted by Crippen LogP contribution is -2.12. The zero-order valence-electron chi connectivity index (χ0n) is 10.1. The fraction of sp³-hybridized carbons (Fsp3) is 0.188. The Kier molecular flexibility index (Phi) is 2.71. The molecule has 1 aliphatic rings. The molecule has 0 saturated heterocycles. The lowest BCUT2D eigenvalue weighted by atomic mass is 9.79. The predicted molar refractivity (Wildman–Crippen MR) is 70.7 cm³/mol. The van der Waals surface area contributed by atoms with Crippen molar-refractivity contribution in [1.82, 2.24) is 4.98 Å². The van der Waals surface area contributed by atoms with Crippen molar-refractivity contribution in [2.45, 2.75) is 18.8 Å². The topological polar surface area (TPSA) is 12.9 Å². The second-order valence-corrected chi connectivity index (χ2v) is 4.77. The minimum Gasteiger partial charge on any atom is -0.258 e. The van der Waals surface area contributed by atoms with Gasteiger partial charge in [0.1, 0.15) is 5.82 Å². The highest BCUT2D eigenvalue weighted by atomic mass is 19.1. The number of allylic oxidation sites excluding steroid dienone is 1. The number of hydrogen-bond donors (Lipinski definition) is 0. The summed E-state index contributed by atoms with van der Waals surface area (Å²) in [5.41, 5.74) is 4.67. The standard InChI is InChI=1S/C16H14FN/c1-11-8-13(16-7-6-14(17)10-18-16)9-12-4-2-3-5-15(11)12/h2-7,10,13H,1,8-9H2. The first-order chi connectivity index (χ1) is 8.74. The van der Waals surface area contributed by atoms with Crippen LogP contribution in [0.4, 0.5) is 4.39 Å². The summed E-state index contributed by atoms with van der Waals surface area (Å²) in [6.45, 7) is 4.15. The predicted octanol–water partition coefficient (Wildman–Crippen LogP) is 3.96. The molecule has 0 N–H and O–H groups in total. The van der Waals surface area contributed by atoms with Gasteiger partial charge < -0.3 is 0 Å². The normalized spacial score (nSPS) is 18.5. The third kappa shape index (κ3) is 1.94. The Labute approximate surface area is 106 Å². The van der Waals surface area contributed by atoms with Gasteiger partial charge in [-0.1, -0.05) is 30.8 Å². The maximum atomic E-state index is 12.9. The van der Waals surface area contributed by atoms with Crippen molar-refractivity contribution < 1.29 is 4.39 Å². The van der Waals surface area contributed by atoms with Crippen molar-refractivity contribution in [2.75, 3.05) is 0 Å². The molecule has 2 heteroatoms. The van der Waals surface area contributed by atoms with Gasteiger partial charge in [0.05, 0.1) is 6.20 Å². The molecule has 0 fully saturated rings. The number of nitrogens with zero attached hydrogens (tertiary/aromatic N) is 1. The van der Waals surface area contributed by atoms with Gasteiger partial charge in [-0.25, -0.2) is 4.39 Å². The number of rotatable bonds is 1. The molecule has 90 valence electrons. The van der Waals surface area contributed by atoms with E-state index in [4.69, 9.17) is 0 Å². The lowest BCUT2D eigenvalue weighted by Gasteiger charge is -2.26. The van der Waals surface area contributed by atoms with Crippen LogP contribution in [0.2, 0.25) is 0 Å². The Hall–Kier alpha value is -1.96. The first-order valence-electron chi connectivity index (χ1n) is 6.11. The third-order valence-corrected chi connectivity index (χ3v) is 3.53. The molecule has 18 heavy (non-hydrogen) atoms. The van der Waals surface area contributed by atoms with Gasteiger partial charge in [0, 0.05) is 11.6 Å². The van der Waals surface area contributed by atoms with E-state index in [0.717, 1.165) is 24.1 Å². The first kappa shape index (κ1) is 11.1. The summed E-state index contributed by atoms with van der Waals surface area (Å²) in [5.74, 6) is 0.0294. The van der Waals surface area contributed by atoms with Crippen molar-refractivity contribution in [3.05, 3.63) is 71.8 Å². The molecule has 1 heterocycles. The van der Waals surface area contributed by atoms with Crippen molar-refractivity contribution in [2.24, 2.45) is 0 Å². The molecule has 1 nitrogen and oxygen atoms in total. The molecule has 0 saturated carbocycles. The fourth-order valence-corrected chi connectivity index (χ4v) is 2.63. The zero-order chi connectivity index (χ0) is 12.5. The van der Waals surface area contributed by atoms with Crippen LogP contribution < -0.4 is 0 Å². The summed E-state index contributed by atoms with van der Waals surface area (Å²) < 4.78 is 12.9. The van der Waals surface area contributed by atoms with Crippen LogP contribution in [0.15, 0.2) is 49.2 Å². The van der Waals surface area contributed by atoms with E-state index >= 15 is 0 Å². The van der Waals surface area contributed by atoms with Gasteiger partial charge in [-0.3, -0.25) is 4.98 Å². The molecule has 0 radical (unpaired) electrons. The molecular formula is C16H14FN. The molecule has 1 atom stereocenters. The molecule has 3 rings (SSSR count). The molecule has 1 aromatic carbocycles. The number of pyridine rings is 1. The summed E-state index contributed by atoms with van der Waals surface area (Å²) >= 11 is 0. The van der Waals surface area contributed by atoms with Gasteiger partial charge >= 0.3 is 0 Å². The third-order valence-electron chi connectivity index (χ3n) is 3.53. The second-order valence-electron chi connectivity index (χ2n) is 4.77. The van der Waals surface area contributed by atoms with Crippen molar-refractivity contribution >= 4 is 5.57 Å². The summed E-state index contributed by atoms with van der Waals surface area (Å²) in [7, 11) is 0. The maximum absolute atomic E-state index is 12.9. The number of fused-ring (bicyclic) bond motifs is 1. The van der Waals surface area contributed by atoms with Crippen LogP contribution in [0.5, 0.6) is 0 Å². The summed E-state index contributed by atoms with van der Waals surface area (Å²) in [4.78, 5) is 4.19. The largest absolute Gasteiger partial charge is 0.258 e. The minimum atomic E-state index is -0.284. The van der Waals surface area contributed by atoms with Crippen LogP contribution >= 0.6 is 0 Å². The second kappa shape index (κ2) is 4.37. The van der Waals surface area contributed by atoms with Gasteiger partial charge in [0.2, 0.25) is 0 Å². The highest BCUT2D eigenvalue weighted by molar-refractivity contribution is 5.69. The van der Waals surface area contributed by atoms with Gasteiger partial charge in [0.15, 0.2) is 0 Å². The van der Waals surface area contributed by atoms with Gasteiger partial charge in [-0.15, -0.1) is 0 Å². The van der Waals surface area contributed by atoms with Crippen LogP contribution in [-0.2, 0) is 6.42 Å². The smallest absolute Gasteiger partial charge is 0.141 e. The molecule has 1 aromatic heterocycles. The van der Waals surface area contributed by atoms with Gasteiger partial charge in [-0.2, -0.15) is 0 Å². The van der Waals surface area contributed by atoms with Crippen LogP contribution in [0.3, 0.4) is 0 Å². The molecule has 2 aromatic rings. The van der Waals surface area contributed by atoms with Crippen molar-refractivity contribution in [1.29, 1.82) is 0 Å². The van der Waals surface area contributed by atoms with E-state index in [9.17, 15) is 4.39 Å². The summed E-state index contributed by atoms with van der Waals surface area (Å²) in [5, 5.41) is 0. The maximum Gasteiger partial charge on any atom is 0.141 e. The van der Waals surface area contributed by atoms with Gasteiger partial charge in [0.25, 0.3) is 0 Å². The minimum absolute atomic E-state index is 0.284. The average Bonchev–Trinajstić information content (AvgIpc) is 2.39. The highest BCUT2D eigenvalue weighted by Gasteiger charge is 2.23.